The number of ether oxygens (including phenoxy) is 1. The molecular formula is C24H21NO3S. The van der Waals surface area contributed by atoms with Gasteiger partial charge in [-0.3, -0.25) is 0 Å². The normalized spacial score (nSPS) is 10.9. The Morgan fingerprint density at radius 3 is 2.72 bits per heavy atom. The first-order chi connectivity index (χ1) is 14.1. The van der Waals surface area contributed by atoms with Crippen molar-refractivity contribution in [3.8, 4) is 17.0 Å². The number of carboxylic acid groups (broad SMARTS) is 1. The maximum atomic E-state index is 11.3. The van der Waals surface area contributed by atoms with Crippen LogP contribution in [0.2, 0.25) is 0 Å². The monoisotopic (exact) mass is 403 g/mol. The predicted octanol–water partition coefficient (Wildman–Crippen LogP) is 6.04. The quantitative estimate of drug-likeness (QED) is 0.409. The van der Waals surface area contributed by atoms with Gasteiger partial charge in [0.25, 0.3) is 0 Å². The van der Waals surface area contributed by atoms with Gasteiger partial charge in [-0.1, -0.05) is 43.3 Å². The smallest absolute Gasteiger partial charge is 0.335 e. The van der Waals surface area contributed by atoms with Crippen LogP contribution in [0.5, 0.6) is 5.88 Å². The minimum atomic E-state index is -0.912. The number of pyridine rings is 1. The maximum absolute atomic E-state index is 11.3. The molecule has 4 nitrogen and oxygen atoms in total. The average Bonchev–Trinajstić information content (AvgIpc) is 3.15. The van der Waals surface area contributed by atoms with E-state index in [9.17, 15) is 9.90 Å². The summed E-state index contributed by atoms with van der Waals surface area (Å²) in [5.74, 6) is -0.253. The van der Waals surface area contributed by atoms with Gasteiger partial charge in [0.2, 0.25) is 5.88 Å². The van der Waals surface area contributed by atoms with E-state index in [-0.39, 0.29) is 0 Å². The van der Waals surface area contributed by atoms with Gasteiger partial charge in [-0.15, -0.1) is 11.3 Å². The summed E-state index contributed by atoms with van der Waals surface area (Å²) in [5.41, 5.74) is 3.41. The lowest BCUT2D eigenvalue weighted by Gasteiger charge is -2.05. The molecule has 2 heterocycles. The molecule has 2 aromatic heterocycles. The fourth-order valence-electron chi connectivity index (χ4n) is 3.26. The Balaban J connectivity index is 1.62. The summed E-state index contributed by atoms with van der Waals surface area (Å²) >= 11 is 1.74. The number of hydrogen-bond acceptors (Lipinski definition) is 4. The molecule has 146 valence electrons. The van der Waals surface area contributed by atoms with Gasteiger partial charge in [0.05, 0.1) is 12.2 Å². The molecule has 0 fully saturated rings. The highest BCUT2D eigenvalue weighted by molar-refractivity contribution is 7.19. The molecule has 0 radical (unpaired) electrons. The van der Waals surface area contributed by atoms with Gasteiger partial charge in [0.1, 0.15) is 0 Å². The molecule has 4 rings (SSSR count). The number of carbonyl (C=O) groups is 1. The summed E-state index contributed by atoms with van der Waals surface area (Å²) < 4.78 is 6.72. The van der Waals surface area contributed by atoms with Crippen LogP contribution in [-0.2, 0) is 6.42 Å². The number of nitrogens with zero attached hydrogens (tertiary/aromatic N) is 1. The number of aromatic nitrogens is 1. The standard InChI is InChI=1S/C24H21NO3S/c1-2-11-28-22-10-9-16(15-25-22)12-20-14-18-6-4-8-21(23(18)29-20)17-5-3-7-19(13-17)24(26)27/h3-10,13-15H,2,11-12H2,1H3,(H,26,27). The van der Waals surface area contributed by atoms with Gasteiger partial charge < -0.3 is 9.84 Å². The molecule has 0 atom stereocenters. The molecule has 5 heteroatoms. The van der Waals surface area contributed by atoms with Gasteiger partial charge >= 0.3 is 5.97 Å². The first-order valence-corrected chi connectivity index (χ1v) is 10.4. The Morgan fingerprint density at radius 2 is 1.97 bits per heavy atom. The molecule has 0 aliphatic carbocycles. The van der Waals surface area contributed by atoms with Gasteiger partial charge in [-0.2, -0.15) is 0 Å². The van der Waals surface area contributed by atoms with Crippen LogP contribution in [0.4, 0.5) is 0 Å². The fourth-order valence-corrected chi connectivity index (χ4v) is 4.49. The number of benzene rings is 2. The summed E-state index contributed by atoms with van der Waals surface area (Å²) in [6, 6.07) is 19.4. The van der Waals surface area contributed by atoms with Crippen LogP contribution in [0.15, 0.2) is 66.9 Å². The summed E-state index contributed by atoms with van der Waals surface area (Å²) in [6.45, 7) is 2.75. The Bertz CT molecular complexity index is 1150. The molecule has 0 aliphatic rings. The maximum Gasteiger partial charge on any atom is 0.335 e. The van der Waals surface area contributed by atoms with E-state index in [1.54, 1.807) is 29.5 Å². The van der Waals surface area contributed by atoms with E-state index < -0.39 is 5.97 Å². The number of thiophene rings is 1. The van der Waals surface area contributed by atoms with E-state index in [4.69, 9.17) is 4.74 Å². The second-order valence-corrected chi connectivity index (χ2v) is 7.99. The third kappa shape index (κ3) is 4.30. The Morgan fingerprint density at radius 1 is 1.10 bits per heavy atom. The van der Waals surface area contributed by atoms with Gasteiger partial charge in [0.15, 0.2) is 0 Å². The van der Waals surface area contributed by atoms with Crippen molar-refractivity contribution in [1.29, 1.82) is 0 Å². The average molecular weight is 404 g/mol. The SMILES string of the molecule is CCCOc1ccc(Cc2cc3cccc(-c4cccc(C(=O)O)c4)c3s2)cn1. The highest BCUT2D eigenvalue weighted by atomic mass is 32.1. The lowest BCUT2D eigenvalue weighted by Crippen LogP contribution is -1.97. The molecule has 4 aromatic rings. The van der Waals surface area contributed by atoms with Crippen LogP contribution >= 0.6 is 11.3 Å². The minimum Gasteiger partial charge on any atom is -0.478 e. The van der Waals surface area contributed by atoms with Crippen LogP contribution in [-0.4, -0.2) is 22.7 Å². The van der Waals surface area contributed by atoms with Crippen molar-refractivity contribution in [3.63, 3.8) is 0 Å². The van der Waals surface area contributed by atoms with Crippen LogP contribution < -0.4 is 4.74 Å². The summed E-state index contributed by atoms with van der Waals surface area (Å²) in [5, 5.41) is 10.5. The second kappa shape index (κ2) is 8.45. The van der Waals surface area contributed by atoms with Crippen molar-refractivity contribution in [1.82, 2.24) is 4.98 Å². The van der Waals surface area contributed by atoms with Gasteiger partial charge in [0, 0.05) is 28.3 Å². The predicted molar refractivity (Wildman–Crippen MR) is 117 cm³/mol. The van der Waals surface area contributed by atoms with E-state index in [0.717, 1.165) is 29.5 Å². The molecule has 0 bridgehead atoms. The third-order valence-electron chi connectivity index (χ3n) is 4.65. The molecule has 0 aliphatic heterocycles. The Kier molecular flexibility index (Phi) is 5.58. The number of aromatic carboxylic acids is 1. The summed E-state index contributed by atoms with van der Waals surface area (Å²) in [4.78, 5) is 17.0. The summed E-state index contributed by atoms with van der Waals surface area (Å²) in [6.07, 6.45) is 3.63. The summed E-state index contributed by atoms with van der Waals surface area (Å²) in [7, 11) is 0. The Hall–Kier alpha value is -3.18. The van der Waals surface area contributed by atoms with Gasteiger partial charge in [-0.25, -0.2) is 9.78 Å². The highest BCUT2D eigenvalue weighted by Gasteiger charge is 2.11. The number of carboxylic acids is 1. The first-order valence-electron chi connectivity index (χ1n) is 9.57. The molecule has 0 saturated heterocycles. The number of hydrogen-bond donors (Lipinski definition) is 1. The topological polar surface area (TPSA) is 59.4 Å². The molecule has 0 spiro atoms. The van der Waals surface area contributed by atoms with E-state index >= 15 is 0 Å². The molecule has 0 saturated carbocycles. The van der Waals surface area contributed by atoms with E-state index in [2.05, 4.69) is 30.1 Å². The van der Waals surface area contributed by atoms with Crippen molar-refractivity contribution in [2.24, 2.45) is 0 Å². The third-order valence-corrected chi connectivity index (χ3v) is 5.83. The van der Waals surface area contributed by atoms with E-state index in [1.807, 2.05) is 30.5 Å². The fraction of sp³-hybridized carbons (Fsp3) is 0.167. The van der Waals surface area contributed by atoms with Crippen LogP contribution in [0.1, 0.15) is 34.1 Å². The van der Waals surface area contributed by atoms with E-state index in [0.29, 0.717) is 18.1 Å². The zero-order valence-corrected chi connectivity index (χ0v) is 16.9. The highest BCUT2D eigenvalue weighted by Crippen LogP contribution is 2.36. The van der Waals surface area contributed by atoms with Crippen molar-refractivity contribution in [2.45, 2.75) is 19.8 Å². The Labute approximate surface area is 173 Å². The molecule has 0 amide bonds. The lowest BCUT2D eigenvalue weighted by atomic mass is 10.0. The second-order valence-electron chi connectivity index (χ2n) is 6.85. The van der Waals surface area contributed by atoms with Crippen LogP contribution in [0.3, 0.4) is 0 Å². The lowest BCUT2D eigenvalue weighted by molar-refractivity contribution is 0.0697. The molecular weight excluding hydrogens is 382 g/mol. The molecule has 1 N–H and O–H groups in total. The first kappa shape index (κ1) is 19.2. The molecule has 29 heavy (non-hydrogen) atoms. The largest absolute Gasteiger partial charge is 0.478 e. The zero-order chi connectivity index (χ0) is 20.2. The van der Waals surface area contributed by atoms with Crippen molar-refractivity contribution in [3.05, 3.63) is 82.9 Å². The number of rotatable bonds is 7. The van der Waals surface area contributed by atoms with Gasteiger partial charge in [-0.05, 0) is 46.7 Å². The van der Waals surface area contributed by atoms with Crippen molar-refractivity contribution >= 4 is 27.4 Å². The van der Waals surface area contributed by atoms with Crippen LogP contribution in [0.25, 0.3) is 21.2 Å². The molecule has 0 unspecified atom stereocenters. The van der Waals surface area contributed by atoms with Crippen molar-refractivity contribution in [2.75, 3.05) is 6.61 Å². The number of fused-ring (bicyclic) bond motifs is 1. The van der Waals surface area contributed by atoms with Crippen molar-refractivity contribution < 1.29 is 14.6 Å². The molecule has 2 aromatic carbocycles. The zero-order valence-electron chi connectivity index (χ0n) is 16.1. The minimum absolute atomic E-state index is 0.299. The van der Waals surface area contributed by atoms with E-state index in [1.165, 1.54) is 15.0 Å². The van der Waals surface area contributed by atoms with Crippen LogP contribution in [0, 0.1) is 0 Å².